The highest BCUT2D eigenvalue weighted by atomic mass is 32.1. The van der Waals surface area contributed by atoms with Gasteiger partial charge >= 0.3 is 0 Å². The molecule has 0 amide bonds. The van der Waals surface area contributed by atoms with E-state index in [0.717, 1.165) is 16.3 Å². The van der Waals surface area contributed by atoms with Crippen LogP contribution in [-0.2, 0) is 5.41 Å². The highest BCUT2D eigenvalue weighted by molar-refractivity contribution is 7.15. The minimum Gasteiger partial charge on any atom is -0.323 e. The third-order valence-electron chi connectivity index (χ3n) is 2.69. The van der Waals surface area contributed by atoms with E-state index in [-0.39, 0.29) is 11.5 Å². The summed E-state index contributed by atoms with van der Waals surface area (Å²) >= 11 is 1.67. The van der Waals surface area contributed by atoms with Crippen molar-refractivity contribution < 1.29 is 0 Å². The summed E-state index contributed by atoms with van der Waals surface area (Å²) in [6, 6.07) is 3.98. The van der Waals surface area contributed by atoms with Gasteiger partial charge in [-0.2, -0.15) is 0 Å². The molecule has 2 heterocycles. The second kappa shape index (κ2) is 4.78. The van der Waals surface area contributed by atoms with Crippen molar-refractivity contribution in [2.75, 3.05) is 0 Å². The SMILES string of the molecule is CC(N)c1sc(-c2cccnc2)nc1C(C)(C)C. The van der Waals surface area contributed by atoms with Crippen molar-refractivity contribution in [3.05, 3.63) is 35.1 Å². The van der Waals surface area contributed by atoms with Crippen LogP contribution in [0.3, 0.4) is 0 Å². The molecule has 2 aromatic rings. The molecule has 1 atom stereocenters. The first-order valence-electron chi connectivity index (χ1n) is 6.07. The summed E-state index contributed by atoms with van der Waals surface area (Å²) in [4.78, 5) is 10.1. The second-order valence-electron chi connectivity index (χ2n) is 5.51. The standard InChI is InChI=1S/C14H19N3S/c1-9(15)11-12(14(2,3)4)17-13(18-11)10-6-5-7-16-8-10/h5-9H,15H2,1-4H3. The van der Waals surface area contributed by atoms with Crippen LogP contribution in [0.2, 0.25) is 0 Å². The van der Waals surface area contributed by atoms with E-state index in [4.69, 9.17) is 10.7 Å². The first-order chi connectivity index (χ1) is 8.39. The molecule has 96 valence electrons. The molecule has 0 aliphatic carbocycles. The van der Waals surface area contributed by atoms with Crippen LogP contribution in [0.15, 0.2) is 24.5 Å². The van der Waals surface area contributed by atoms with Crippen molar-refractivity contribution in [2.24, 2.45) is 5.73 Å². The van der Waals surface area contributed by atoms with Crippen molar-refractivity contribution in [3.63, 3.8) is 0 Å². The summed E-state index contributed by atoms with van der Waals surface area (Å²) in [7, 11) is 0. The molecule has 18 heavy (non-hydrogen) atoms. The van der Waals surface area contributed by atoms with Crippen LogP contribution in [-0.4, -0.2) is 9.97 Å². The molecule has 1 unspecified atom stereocenters. The maximum atomic E-state index is 6.06. The Balaban J connectivity index is 2.53. The van der Waals surface area contributed by atoms with Crippen LogP contribution >= 0.6 is 11.3 Å². The topological polar surface area (TPSA) is 51.8 Å². The molecule has 0 aliphatic rings. The molecular formula is C14H19N3S. The van der Waals surface area contributed by atoms with E-state index in [1.165, 1.54) is 4.88 Å². The van der Waals surface area contributed by atoms with Gasteiger partial charge in [0, 0.05) is 34.3 Å². The van der Waals surface area contributed by atoms with E-state index in [1.807, 2.05) is 25.3 Å². The number of nitrogens with two attached hydrogens (primary N) is 1. The zero-order valence-corrected chi connectivity index (χ0v) is 12.1. The summed E-state index contributed by atoms with van der Waals surface area (Å²) in [5.74, 6) is 0. The lowest BCUT2D eigenvalue weighted by molar-refractivity contribution is 0.561. The highest BCUT2D eigenvalue weighted by Crippen LogP contribution is 2.36. The zero-order valence-electron chi connectivity index (χ0n) is 11.3. The van der Waals surface area contributed by atoms with E-state index in [2.05, 4.69) is 25.8 Å². The maximum Gasteiger partial charge on any atom is 0.125 e. The summed E-state index contributed by atoms with van der Waals surface area (Å²) in [6.07, 6.45) is 3.62. The normalized spacial score (nSPS) is 13.6. The average Bonchev–Trinajstić information content (AvgIpc) is 2.74. The average molecular weight is 261 g/mol. The van der Waals surface area contributed by atoms with Crippen LogP contribution in [0.4, 0.5) is 0 Å². The third-order valence-corrected chi connectivity index (χ3v) is 3.99. The predicted molar refractivity (Wildman–Crippen MR) is 76.6 cm³/mol. The number of rotatable bonds is 2. The lowest BCUT2D eigenvalue weighted by atomic mass is 9.90. The Bertz CT molecular complexity index is 524. The molecule has 0 aliphatic heterocycles. The molecule has 0 spiro atoms. The number of thiazole rings is 1. The predicted octanol–water partition coefficient (Wildman–Crippen LogP) is 3.52. The molecule has 4 heteroatoms. The van der Waals surface area contributed by atoms with Crippen molar-refractivity contribution in [1.82, 2.24) is 9.97 Å². The number of nitrogens with zero attached hydrogens (tertiary/aromatic N) is 2. The molecule has 0 aromatic carbocycles. The van der Waals surface area contributed by atoms with Crippen molar-refractivity contribution in [2.45, 2.75) is 39.2 Å². The summed E-state index contributed by atoms with van der Waals surface area (Å²) in [5.41, 5.74) is 8.23. The monoisotopic (exact) mass is 261 g/mol. The first-order valence-corrected chi connectivity index (χ1v) is 6.88. The highest BCUT2D eigenvalue weighted by Gasteiger charge is 2.25. The number of aromatic nitrogens is 2. The Morgan fingerprint density at radius 3 is 2.50 bits per heavy atom. The van der Waals surface area contributed by atoms with Gasteiger partial charge in [0.1, 0.15) is 5.01 Å². The van der Waals surface area contributed by atoms with Gasteiger partial charge in [0.2, 0.25) is 0 Å². The van der Waals surface area contributed by atoms with E-state index in [9.17, 15) is 0 Å². The first kappa shape index (κ1) is 13.2. The van der Waals surface area contributed by atoms with Crippen LogP contribution in [0, 0.1) is 0 Å². The Labute approximate surface area is 112 Å². The molecule has 0 bridgehead atoms. The molecule has 0 saturated heterocycles. The fraction of sp³-hybridized carbons (Fsp3) is 0.429. The zero-order chi connectivity index (χ0) is 13.3. The largest absolute Gasteiger partial charge is 0.323 e. The van der Waals surface area contributed by atoms with E-state index in [0.29, 0.717) is 0 Å². The Morgan fingerprint density at radius 1 is 1.33 bits per heavy atom. The van der Waals surface area contributed by atoms with Gasteiger partial charge in [0.25, 0.3) is 0 Å². The number of hydrogen-bond acceptors (Lipinski definition) is 4. The van der Waals surface area contributed by atoms with E-state index >= 15 is 0 Å². The number of pyridine rings is 1. The van der Waals surface area contributed by atoms with Gasteiger partial charge in [-0.05, 0) is 19.1 Å². The van der Waals surface area contributed by atoms with Gasteiger partial charge in [-0.25, -0.2) is 4.98 Å². The molecule has 0 radical (unpaired) electrons. The minimum absolute atomic E-state index is 0.0138. The van der Waals surface area contributed by atoms with Gasteiger partial charge in [-0.1, -0.05) is 20.8 Å². The lowest BCUT2D eigenvalue weighted by Crippen LogP contribution is -2.17. The third kappa shape index (κ3) is 2.60. The van der Waals surface area contributed by atoms with Crippen LogP contribution in [0.1, 0.15) is 44.3 Å². The molecule has 2 rings (SSSR count). The maximum absolute atomic E-state index is 6.06. The van der Waals surface area contributed by atoms with Crippen LogP contribution in [0.5, 0.6) is 0 Å². The van der Waals surface area contributed by atoms with Gasteiger partial charge in [-0.15, -0.1) is 11.3 Å². The molecule has 0 saturated carbocycles. The van der Waals surface area contributed by atoms with Gasteiger partial charge in [-0.3, -0.25) is 4.98 Å². The minimum atomic E-state index is 0.0138. The van der Waals surface area contributed by atoms with Crippen molar-refractivity contribution in [3.8, 4) is 10.6 Å². The second-order valence-corrected chi connectivity index (χ2v) is 6.54. The van der Waals surface area contributed by atoms with Crippen molar-refractivity contribution >= 4 is 11.3 Å². The van der Waals surface area contributed by atoms with Crippen molar-refractivity contribution in [1.29, 1.82) is 0 Å². The Kier molecular flexibility index (Phi) is 3.50. The quantitative estimate of drug-likeness (QED) is 0.899. The van der Waals surface area contributed by atoms with Gasteiger partial charge in [0.15, 0.2) is 0 Å². The Morgan fingerprint density at radius 2 is 2.06 bits per heavy atom. The van der Waals surface area contributed by atoms with E-state index in [1.54, 1.807) is 17.5 Å². The summed E-state index contributed by atoms with van der Waals surface area (Å²) < 4.78 is 0. The fourth-order valence-electron chi connectivity index (χ4n) is 1.79. The fourth-order valence-corrected chi connectivity index (χ4v) is 3.01. The summed E-state index contributed by atoms with van der Waals surface area (Å²) in [5, 5.41) is 1.00. The van der Waals surface area contributed by atoms with Gasteiger partial charge < -0.3 is 5.73 Å². The lowest BCUT2D eigenvalue weighted by Gasteiger charge is -2.18. The molecule has 3 nitrogen and oxygen atoms in total. The summed E-state index contributed by atoms with van der Waals surface area (Å²) in [6.45, 7) is 8.51. The molecule has 2 N–H and O–H groups in total. The van der Waals surface area contributed by atoms with E-state index < -0.39 is 0 Å². The molecular weight excluding hydrogens is 242 g/mol. The van der Waals surface area contributed by atoms with Gasteiger partial charge in [0.05, 0.1) is 5.69 Å². The number of hydrogen-bond donors (Lipinski definition) is 1. The van der Waals surface area contributed by atoms with Crippen LogP contribution < -0.4 is 5.73 Å². The molecule has 2 aromatic heterocycles. The Hall–Kier alpha value is -1.26. The molecule has 0 fully saturated rings. The van der Waals surface area contributed by atoms with Crippen LogP contribution in [0.25, 0.3) is 10.6 Å². The smallest absolute Gasteiger partial charge is 0.125 e.